The Kier molecular flexibility index (Phi) is 14.1. The maximum absolute atomic E-state index is 12.9. The van der Waals surface area contributed by atoms with Gasteiger partial charge >= 0.3 is 11.9 Å². The minimum absolute atomic E-state index is 0.0968. The molecular weight excluding hydrogens is 1040 g/mol. The number of nitrogens with zero attached hydrogens (tertiary/aromatic N) is 2. The van der Waals surface area contributed by atoms with Crippen molar-refractivity contribution >= 4 is 68.5 Å². The van der Waals surface area contributed by atoms with Crippen molar-refractivity contribution in [3.63, 3.8) is 0 Å². The molecule has 0 fully saturated rings. The number of ether oxygens (including phenoxy) is 6. The Labute approximate surface area is 468 Å². The van der Waals surface area contributed by atoms with Gasteiger partial charge in [0, 0.05) is 35.4 Å². The highest BCUT2D eigenvalue weighted by Crippen LogP contribution is 2.46. The molecule has 12 rings (SSSR count). The third kappa shape index (κ3) is 10.8. The Hall–Kier alpha value is -11.4. The minimum Gasteiger partial charge on any atom is -0.458 e. The predicted molar refractivity (Wildman–Crippen MR) is 309 cm³/mol. The van der Waals surface area contributed by atoms with Crippen LogP contribution in [-0.4, -0.2) is 49.2 Å². The molecule has 10 aromatic carbocycles. The van der Waals surface area contributed by atoms with Gasteiger partial charge in [0.1, 0.15) is 34.5 Å². The van der Waals surface area contributed by atoms with E-state index < -0.39 is 35.6 Å². The lowest BCUT2D eigenvalue weighted by atomic mass is 9.92. The van der Waals surface area contributed by atoms with E-state index in [4.69, 9.17) is 28.4 Å². The second-order valence-electron chi connectivity index (χ2n) is 18.8. The van der Waals surface area contributed by atoms with Crippen LogP contribution in [0.2, 0.25) is 0 Å². The average Bonchev–Trinajstić information content (AvgIpc) is 4.15. The summed E-state index contributed by atoms with van der Waals surface area (Å²) >= 11 is 0. The number of benzene rings is 10. The van der Waals surface area contributed by atoms with Crippen LogP contribution in [-0.2, 0) is 19.2 Å². The molecule has 14 nitrogen and oxygen atoms in total. The Morgan fingerprint density at radius 3 is 0.976 bits per heavy atom. The van der Waals surface area contributed by atoms with Gasteiger partial charge in [-0.05, 0) is 153 Å². The van der Waals surface area contributed by atoms with Crippen molar-refractivity contribution in [3.8, 4) is 67.9 Å². The molecular formula is C68H44N2O12. The number of esters is 2. The molecule has 4 amide bonds. The number of anilines is 2. The van der Waals surface area contributed by atoms with E-state index in [9.17, 15) is 28.8 Å². The van der Waals surface area contributed by atoms with Gasteiger partial charge in [-0.25, -0.2) is 19.4 Å². The molecule has 2 aliphatic rings. The van der Waals surface area contributed by atoms with Gasteiger partial charge in [-0.15, -0.1) is 0 Å². The molecule has 2 heterocycles. The Morgan fingerprint density at radius 2 is 0.634 bits per heavy atom. The first-order valence-electron chi connectivity index (χ1n) is 25.8. The molecule has 0 bridgehead atoms. The van der Waals surface area contributed by atoms with Crippen molar-refractivity contribution < 1.29 is 57.2 Å². The molecule has 0 saturated heterocycles. The first-order valence-corrected chi connectivity index (χ1v) is 25.8. The van der Waals surface area contributed by atoms with Crippen LogP contribution in [0.25, 0.3) is 54.9 Å². The molecule has 0 radical (unpaired) electrons. The number of hydrogen-bond donors (Lipinski definition) is 0. The molecule has 0 aliphatic carbocycles. The smallest absolute Gasteiger partial charge is 0.343 e. The molecule has 0 unspecified atom stereocenters. The summed E-state index contributed by atoms with van der Waals surface area (Å²) in [6, 6.07) is 65.6. The molecule has 2 aliphatic heterocycles. The maximum Gasteiger partial charge on any atom is 0.343 e. The zero-order valence-electron chi connectivity index (χ0n) is 43.3. The number of fused-ring (bicyclic) bond motifs is 2. The van der Waals surface area contributed by atoms with Gasteiger partial charge in [0.25, 0.3) is 23.6 Å². The summed E-state index contributed by atoms with van der Waals surface area (Å²) in [5.41, 5.74) is 6.50. The molecule has 14 heteroatoms. The topological polar surface area (TPSA) is 164 Å². The molecule has 0 aromatic heterocycles. The highest BCUT2D eigenvalue weighted by Gasteiger charge is 2.27. The fraction of sp³-hybridized carbons (Fsp3) is 0.0294. The second-order valence-corrected chi connectivity index (χ2v) is 18.8. The van der Waals surface area contributed by atoms with Crippen LogP contribution >= 0.6 is 0 Å². The van der Waals surface area contributed by atoms with Crippen molar-refractivity contribution in [1.29, 1.82) is 0 Å². The summed E-state index contributed by atoms with van der Waals surface area (Å²) in [5, 5.41) is 3.93. The molecule has 0 N–H and O–H groups in total. The maximum atomic E-state index is 12.9. The fourth-order valence-electron chi connectivity index (χ4n) is 9.63. The van der Waals surface area contributed by atoms with E-state index in [1.807, 2.05) is 121 Å². The lowest BCUT2D eigenvalue weighted by Gasteiger charge is -2.20. The van der Waals surface area contributed by atoms with Gasteiger partial charge in [0.15, 0.2) is 0 Å². The third-order valence-electron chi connectivity index (χ3n) is 13.8. The molecule has 0 spiro atoms. The predicted octanol–water partition coefficient (Wildman–Crippen LogP) is 13.1. The van der Waals surface area contributed by atoms with Crippen molar-refractivity contribution in [2.45, 2.75) is 0 Å². The highest BCUT2D eigenvalue weighted by molar-refractivity contribution is 6.29. The number of carbonyl (C=O) groups excluding carboxylic acids is 6. The Balaban J connectivity index is 0.682. The van der Waals surface area contributed by atoms with Crippen molar-refractivity contribution in [3.05, 3.63) is 254 Å². The van der Waals surface area contributed by atoms with Crippen LogP contribution in [0.15, 0.2) is 243 Å². The van der Waals surface area contributed by atoms with Crippen LogP contribution in [0.4, 0.5) is 11.4 Å². The van der Waals surface area contributed by atoms with Gasteiger partial charge in [0.05, 0.1) is 22.5 Å². The van der Waals surface area contributed by atoms with E-state index in [1.54, 1.807) is 24.3 Å². The monoisotopic (exact) mass is 1080 g/mol. The second kappa shape index (κ2) is 22.5. The van der Waals surface area contributed by atoms with Crippen LogP contribution in [0.1, 0.15) is 20.7 Å². The van der Waals surface area contributed by atoms with Crippen LogP contribution < -0.4 is 38.2 Å². The minimum atomic E-state index is -0.583. The number of imide groups is 2. The first-order chi connectivity index (χ1) is 40.1. The SMILES string of the molecule is O=C(Oc1ccc(-c2ccc(OCOc3ccc4ccccc4c3-c3c(OCOc4ccc(-c5ccc(OC(=O)c6ccc(N7C(=O)C=CC7=O)cc6)cc5)cc4)ccc4ccccc34)cc2)cc1)c1ccc(N2C(=O)C=CC2=O)cc1. The summed E-state index contributed by atoms with van der Waals surface area (Å²) in [4.78, 5) is 76.0. The van der Waals surface area contributed by atoms with E-state index in [1.165, 1.54) is 72.8 Å². The molecule has 0 saturated carbocycles. The van der Waals surface area contributed by atoms with E-state index >= 15 is 0 Å². The molecule has 0 atom stereocenters. The summed E-state index contributed by atoms with van der Waals surface area (Å²) in [6.45, 7) is -0.194. The number of carbonyl (C=O) groups is 6. The number of amides is 4. The van der Waals surface area contributed by atoms with Gasteiger partial charge in [-0.1, -0.05) is 109 Å². The van der Waals surface area contributed by atoms with E-state index in [-0.39, 0.29) is 24.7 Å². The van der Waals surface area contributed by atoms with Gasteiger partial charge in [-0.2, -0.15) is 0 Å². The lowest BCUT2D eigenvalue weighted by Crippen LogP contribution is -2.29. The summed E-state index contributed by atoms with van der Waals surface area (Å²) in [7, 11) is 0. The normalized spacial score (nSPS) is 12.8. The highest BCUT2D eigenvalue weighted by atomic mass is 16.7. The fourth-order valence-corrected chi connectivity index (χ4v) is 9.63. The molecule has 398 valence electrons. The third-order valence-corrected chi connectivity index (χ3v) is 13.8. The number of rotatable bonds is 17. The van der Waals surface area contributed by atoms with Crippen molar-refractivity contribution in [1.82, 2.24) is 0 Å². The molecule has 10 aromatic rings. The van der Waals surface area contributed by atoms with Gasteiger partial charge in [-0.3, -0.25) is 19.2 Å². The van der Waals surface area contributed by atoms with Crippen molar-refractivity contribution in [2.75, 3.05) is 23.4 Å². The summed E-state index contributed by atoms with van der Waals surface area (Å²) < 4.78 is 36.5. The quantitative estimate of drug-likeness (QED) is 0.0367. The van der Waals surface area contributed by atoms with Gasteiger partial charge < -0.3 is 28.4 Å². The zero-order valence-corrected chi connectivity index (χ0v) is 43.3. The van der Waals surface area contributed by atoms with Crippen LogP contribution in [0.5, 0.6) is 34.5 Å². The Morgan fingerprint density at radius 1 is 0.317 bits per heavy atom. The Bertz CT molecular complexity index is 3880. The molecule has 82 heavy (non-hydrogen) atoms. The van der Waals surface area contributed by atoms with E-state index in [0.29, 0.717) is 45.9 Å². The largest absolute Gasteiger partial charge is 0.458 e. The van der Waals surface area contributed by atoms with Gasteiger partial charge in [0.2, 0.25) is 13.6 Å². The number of hydrogen-bond acceptors (Lipinski definition) is 12. The standard InChI is InChI=1S/C68H44N2O12/c71-61-37-38-62(72)69(61)51-23-9-49(10-24-51)67(75)81-55-31-17-45(18-32-55)43-13-27-53(28-14-43)77-41-79-59-35-21-47-5-1-3-7-57(47)65(59)66-58-8-4-2-6-48(58)22-36-60(66)80-42-78-54-29-15-44(16-30-54)46-19-33-56(34-20-46)82-68(76)50-11-25-52(26-12-50)70-63(73)39-40-64(70)74/h1-40H,41-42H2. The first kappa shape index (κ1) is 51.4. The van der Waals surface area contributed by atoms with Crippen molar-refractivity contribution in [2.24, 2.45) is 0 Å². The van der Waals surface area contributed by atoms with Crippen LogP contribution in [0.3, 0.4) is 0 Å². The van der Waals surface area contributed by atoms with E-state index in [0.717, 1.165) is 64.7 Å². The summed E-state index contributed by atoms with van der Waals surface area (Å²) in [5.74, 6) is 0.117. The lowest BCUT2D eigenvalue weighted by molar-refractivity contribution is -0.121. The van der Waals surface area contributed by atoms with E-state index in [2.05, 4.69) is 24.3 Å². The summed E-state index contributed by atoms with van der Waals surface area (Å²) in [6.07, 6.45) is 4.80. The zero-order chi connectivity index (χ0) is 56.1. The average molecular weight is 1080 g/mol. The van der Waals surface area contributed by atoms with Crippen LogP contribution in [0, 0.1) is 0 Å².